The summed E-state index contributed by atoms with van der Waals surface area (Å²) >= 11 is 0. The number of terminal acetylenes is 1. The highest BCUT2D eigenvalue weighted by molar-refractivity contribution is 4.93. The lowest BCUT2D eigenvalue weighted by atomic mass is 9.92. The van der Waals surface area contributed by atoms with E-state index in [4.69, 9.17) is 6.42 Å². The minimum atomic E-state index is 0.592. The van der Waals surface area contributed by atoms with Gasteiger partial charge in [0.15, 0.2) is 0 Å². The number of hydrogen-bond acceptors (Lipinski definition) is 2. The monoisotopic (exact) mass is 236 g/mol. The largest absolute Gasteiger partial charge is 0.314 e. The van der Waals surface area contributed by atoms with Crippen LogP contribution in [0.3, 0.4) is 0 Å². The van der Waals surface area contributed by atoms with Crippen LogP contribution in [-0.4, -0.2) is 36.6 Å². The molecule has 0 saturated carbocycles. The van der Waals surface area contributed by atoms with E-state index in [-0.39, 0.29) is 0 Å². The molecule has 0 aromatic heterocycles. The van der Waals surface area contributed by atoms with E-state index in [1.54, 1.807) is 0 Å². The zero-order valence-corrected chi connectivity index (χ0v) is 11.7. The molecule has 1 N–H and O–H groups in total. The fourth-order valence-electron chi connectivity index (χ4n) is 2.81. The number of nitrogens with zero attached hydrogens (tertiary/aromatic N) is 1. The summed E-state index contributed by atoms with van der Waals surface area (Å²) in [7, 11) is 0. The zero-order valence-electron chi connectivity index (χ0n) is 11.7. The summed E-state index contributed by atoms with van der Waals surface area (Å²) in [6.07, 6.45) is 10.0. The Kier molecular flexibility index (Phi) is 6.62. The highest BCUT2D eigenvalue weighted by Gasteiger charge is 2.28. The quantitative estimate of drug-likeness (QED) is 0.713. The van der Waals surface area contributed by atoms with Crippen molar-refractivity contribution in [2.45, 2.75) is 58.5 Å². The summed E-state index contributed by atoms with van der Waals surface area (Å²) in [4.78, 5) is 2.59. The zero-order chi connectivity index (χ0) is 12.7. The van der Waals surface area contributed by atoms with Crippen molar-refractivity contribution in [3.63, 3.8) is 0 Å². The van der Waals surface area contributed by atoms with E-state index in [1.807, 2.05) is 0 Å². The molecule has 0 aromatic rings. The minimum Gasteiger partial charge on any atom is -0.314 e. The van der Waals surface area contributed by atoms with E-state index in [1.165, 1.54) is 32.4 Å². The molecule has 98 valence electrons. The predicted octanol–water partition coefficient (Wildman–Crippen LogP) is 2.50. The number of hydrogen-bond donors (Lipinski definition) is 1. The van der Waals surface area contributed by atoms with E-state index in [0.717, 1.165) is 18.9 Å². The molecule has 1 saturated heterocycles. The molecule has 0 bridgehead atoms. The number of piperidine rings is 1. The van der Waals surface area contributed by atoms with Crippen LogP contribution in [0.1, 0.15) is 46.5 Å². The molecule has 1 heterocycles. The van der Waals surface area contributed by atoms with Crippen molar-refractivity contribution in [1.29, 1.82) is 0 Å². The van der Waals surface area contributed by atoms with Gasteiger partial charge >= 0.3 is 0 Å². The van der Waals surface area contributed by atoms with E-state index in [2.05, 4.69) is 36.9 Å². The maximum absolute atomic E-state index is 5.45. The van der Waals surface area contributed by atoms with Gasteiger partial charge < -0.3 is 5.32 Å². The topological polar surface area (TPSA) is 15.3 Å². The van der Waals surface area contributed by atoms with E-state index >= 15 is 0 Å². The van der Waals surface area contributed by atoms with Crippen LogP contribution < -0.4 is 5.32 Å². The molecule has 0 radical (unpaired) electrons. The molecule has 0 aliphatic carbocycles. The molecule has 3 unspecified atom stereocenters. The molecule has 3 atom stereocenters. The Morgan fingerprint density at radius 3 is 2.76 bits per heavy atom. The van der Waals surface area contributed by atoms with Gasteiger partial charge in [-0.25, -0.2) is 0 Å². The molecule has 2 nitrogen and oxygen atoms in total. The molecular formula is C15H28N2. The van der Waals surface area contributed by atoms with Gasteiger partial charge in [0, 0.05) is 25.0 Å². The van der Waals surface area contributed by atoms with Crippen LogP contribution in [0.4, 0.5) is 0 Å². The molecular weight excluding hydrogens is 208 g/mol. The second-order valence-corrected chi connectivity index (χ2v) is 5.29. The molecule has 2 heteroatoms. The van der Waals surface area contributed by atoms with Crippen LogP contribution in [-0.2, 0) is 0 Å². The smallest absolute Gasteiger partial charge is 0.0242 e. The summed E-state index contributed by atoms with van der Waals surface area (Å²) in [5.41, 5.74) is 0. The summed E-state index contributed by atoms with van der Waals surface area (Å²) in [5, 5.41) is 3.66. The van der Waals surface area contributed by atoms with Gasteiger partial charge in [-0.15, -0.1) is 12.3 Å². The van der Waals surface area contributed by atoms with E-state index in [9.17, 15) is 0 Å². The minimum absolute atomic E-state index is 0.592. The van der Waals surface area contributed by atoms with Crippen LogP contribution in [0.2, 0.25) is 0 Å². The van der Waals surface area contributed by atoms with Crippen LogP contribution in [0.15, 0.2) is 0 Å². The van der Waals surface area contributed by atoms with Gasteiger partial charge in [-0.1, -0.05) is 20.8 Å². The number of nitrogens with one attached hydrogen (secondary N) is 1. The van der Waals surface area contributed by atoms with Crippen molar-refractivity contribution >= 4 is 0 Å². The first-order valence-corrected chi connectivity index (χ1v) is 7.13. The highest BCUT2D eigenvalue weighted by Crippen LogP contribution is 2.21. The van der Waals surface area contributed by atoms with Crippen molar-refractivity contribution < 1.29 is 0 Å². The first-order valence-electron chi connectivity index (χ1n) is 7.13. The lowest BCUT2D eigenvalue weighted by Crippen LogP contribution is -2.51. The maximum Gasteiger partial charge on any atom is 0.0242 e. The summed E-state index contributed by atoms with van der Waals surface area (Å²) in [6.45, 7) is 10.4. The van der Waals surface area contributed by atoms with Crippen LogP contribution in [0, 0.1) is 18.3 Å². The average molecular weight is 236 g/mol. The number of likely N-dealkylation sites (tertiary alicyclic amines) is 1. The normalized spacial score (nSPS) is 27.6. The highest BCUT2D eigenvalue weighted by atomic mass is 15.2. The molecule has 0 amide bonds. The Bertz CT molecular complexity index is 244. The summed E-state index contributed by atoms with van der Waals surface area (Å²) < 4.78 is 0. The SMILES string of the molecule is C#CCC(CC)N1CCC(NCCC)C(C)C1. The number of rotatable bonds is 6. The van der Waals surface area contributed by atoms with Gasteiger partial charge in [-0.3, -0.25) is 4.90 Å². The van der Waals surface area contributed by atoms with Crippen LogP contribution in [0.25, 0.3) is 0 Å². The van der Waals surface area contributed by atoms with Gasteiger partial charge in [0.25, 0.3) is 0 Å². The summed E-state index contributed by atoms with van der Waals surface area (Å²) in [5.74, 6) is 3.56. The third-order valence-corrected chi connectivity index (χ3v) is 3.93. The van der Waals surface area contributed by atoms with Gasteiger partial charge in [0.1, 0.15) is 0 Å². The van der Waals surface area contributed by atoms with Crippen molar-refractivity contribution in [3.05, 3.63) is 0 Å². The molecule has 0 aromatic carbocycles. The molecule has 1 fully saturated rings. The van der Waals surface area contributed by atoms with Gasteiger partial charge in [0.05, 0.1) is 0 Å². The lowest BCUT2D eigenvalue weighted by molar-refractivity contribution is 0.103. The Balaban J connectivity index is 2.42. The fourth-order valence-corrected chi connectivity index (χ4v) is 2.81. The van der Waals surface area contributed by atoms with Gasteiger partial charge in [-0.05, 0) is 38.3 Å². The Labute approximate surface area is 107 Å². The van der Waals surface area contributed by atoms with Crippen LogP contribution in [0.5, 0.6) is 0 Å². The Hall–Kier alpha value is -0.520. The fraction of sp³-hybridized carbons (Fsp3) is 0.867. The van der Waals surface area contributed by atoms with Crippen LogP contribution >= 0.6 is 0 Å². The molecule has 1 aliphatic rings. The Morgan fingerprint density at radius 1 is 1.47 bits per heavy atom. The first kappa shape index (κ1) is 14.5. The molecule has 1 aliphatic heterocycles. The molecule has 0 spiro atoms. The van der Waals surface area contributed by atoms with Crippen molar-refractivity contribution in [2.75, 3.05) is 19.6 Å². The first-order chi connectivity index (χ1) is 8.22. The predicted molar refractivity (Wildman–Crippen MR) is 75.0 cm³/mol. The third-order valence-electron chi connectivity index (χ3n) is 3.93. The lowest BCUT2D eigenvalue weighted by Gasteiger charge is -2.41. The van der Waals surface area contributed by atoms with Crippen molar-refractivity contribution in [2.24, 2.45) is 5.92 Å². The summed E-state index contributed by atoms with van der Waals surface area (Å²) in [6, 6.07) is 1.30. The van der Waals surface area contributed by atoms with E-state index < -0.39 is 0 Å². The van der Waals surface area contributed by atoms with Gasteiger partial charge in [0.2, 0.25) is 0 Å². The second kappa shape index (κ2) is 7.74. The maximum atomic E-state index is 5.45. The van der Waals surface area contributed by atoms with Gasteiger partial charge in [-0.2, -0.15) is 0 Å². The second-order valence-electron chi connectivity index (χ2n) is 5.29. The Morgan fingerprint density at radius 2 is 2.24 bits per heavy atom. The third kappa shape index (κ3) is 4.33. The molecule has 17 heavy (non-hydrogen) atoms. The van der Waals surface area contributed by atoms with Crippen molar-refractivity contribution in [1.82, 2.24) is 10.2 Å². The standard InChI is InChI=1S/C15H28N2/c1-5-8-14(7-3)17-11-9-15(13(4)12-17)16-10-6-2/h1,13-16H,6-12H2,2-4H3. The van der Waals surface area contributed by atoms with Crippen molar-refractivity contribution in [3.8, 4) is 12.3 Å². The van der Waals surface area contributed by atoms with E-state index in [0.29, 0.717) is 12.1 Å². The molecule has 1 rings (SSSR count). The average Bonchev–Trinajstić information content (AvgIpc) is 2.34.